The molecular formula is C29H29N7O3. The molecule has 0 aromatic carbocycles. The fourth-order valence-electron chi connectivity index (χ4n) is 5.80. The highest BCUT2D eigenvalue weighted by molar-refractivity contribution is 6.07. The van der Waals surface area contributed by atoms with E-state index in [1.54, 1.807) is 18.7 Å². The number of anilines is 2. The maximum absolute atomic E-state index is 13.1. The fourth-order valence-corrected chi connectivity index (χ4v) is 5.80. The van der Waals surface area contributed by atoms with E-state index in [2.05, 4.69) is 26.7 Å². The minimum Gasteiger partial charge on any atom is -0.464 e. The Morgan fingerprint density at radius 3 is 2.87 bits per heavy atom. The fraction of sp³-hybridized carbons (Fsp3) is 0.310. The number of fused-ring (bicyclic) bond motifs is 4. The molecule has 2 N–H and O–H groups in total. The van der Waals surface area contributed by atoms with Crippen LogP contribution in [-0.2, 0) is 17.8 Å². The molecule has 0 unspecified atom stereocenters. The molecule has 0 atom stereocenters. The van der Waals surface area contributed by atoms with Crippen LogP contribution in [0.2, 0.25) is 0 Å². The maximum atomic E-state index is 13.1. The largest absolute Gasteiger partial charge is 0.464 e. The molecule has 0 saturated carbocycles. The molecule has 0 radical (unpaired) electrons. The number of carbonyl (C=O) groups is 1. The summed E-state index contributed by atoms with van der Waals surface area (Å²) in [5, 5.41) is 11.9. The normalized spacial score (nSPS) is 15.8. The summed E-state index contributed by atoms with van der Waals surface area (Å²) in [6.45, 7) is 2.69. The number of hydrogen-bond acceptors (Lipinski definition) is 8. The lowest BCUT2D eigenvalue weighted by atomic mass is 9.90. The van der Waals surface area contributed by atoms with Crippen LogP contribution in [0.4, 0.5) is 11.5 Å². The molecule has 7 heterocycles. The summed E-state index contributed by atoms with van der Waals surface area (Å²) in [6.07, 6.45) is 9.06. The molecule has 5 aromatic heterocycles. The summed E-state index contributed by atoms with van der Waals surface area (Å²) in [4.78, 5) is 25.0. The minimum atomic E-state index is -0.131. The van der Waals surface area contributed by atoms with Gasteiger partial charge in [0.05, 0.1) is 46.8 Å². The van der Waals surface area contributed by atoms with E-state index in [0.29, 0.717) is 29.5 Å². The van der Waals surface area contributed by atoms with Crippen LogP contribution in [0.1, 0.15) is 45.9 Å². The average molecular weight is 524 g/mol. The number of amides is 1. The number of ether oxygens (including phenoxy) is 1. The third-order valence-corrected chi connectivity index (χ3v) is 7.60. The van der Waals surface area contributed by atoms with Gasteiger partial charge in [0, 0.05) is 49.0 Å². The summed E-state index contributed by atoms with van der Waals surface area (Å²) in [7, 11) is 4.10. The first kappa shape index (κ1) is 23.8. The van der Waals surface area contributed by atoms with Crippen LogP contribution in [0.5, 0.6) is 0 Å². The van der Waals surface area contributed by atoms with Crippen molar-refractivity contribution >= 4 is 33.9 Å². The second-order valence-corrected chi connectivity index (χ2v) is 10.4. The number of rotatable bonds is 6. The quantitative estimate of drug-likeness (QED) is 0.335. The van der Waals surface area contributed by atoms with Gasteiger partial charge in [-0.25, -0.2) is 9.50 Å². The number of hydrogen-bond donors (Lipinski definition) is 2. The van der Waals surface area contributed by atoms with E-state index in [-0.39, 0.29) is 5.91 Å². The van der Waals surface area contributed by atoms with Crippen molar-refractivity contribution in [2.24, 2.45) is 0 Å². The molecule has 1 fully saturated rings. The Balaban J connectivity index is 1.28. The van der Waals surface area contributed by atoms with E-state index in [9.17, 15) is 4.79 Å². The van der Waals surface area contributed by atoms with Crippen molar-refractivity contribution in [2.75, 3.05) is 32.6 Å². The summed E-state index contributed by atoms with van der Waals surface area (Å²) in [5.74, 6) is 1.00. The first-order valence-electron chi connectivity index (χ1n) is 13.2. The molecule has 39 heavy (non-hydrogen) atoms. The maximum Gasteiger partial charge on any atom is 0.254 e. The van der Waals surface area contributed by atoms with Gasteiger partial charge in [0.1, 0.15) is 11.4 Å². The van der Waals surface area contributed by atoms with Crippen molar-refractivity contribution in [3.05, 3.63) is 71.5 Å². The van der Waals surface area contributed by atoms with Crippen molar-refractivity contribution in [2.45, 2.75) is 31.8 Å². The zero-order chi connectivity index (χ0) is 26.5. The molecule has 5 aromatic rings. The van der Waals surface area contributed by atoms with Crippen molar-refractivity contribution in [3.63, 3.8) is 0 Å². The van der Waals surface area contributed by atoms with E-state index in [1.165, 1.54) is 5.56 Å². The van der Waals surface area contributed by atoms with Gasteiger partial charge in [-0.2, -0.15) is 5.10 Å². The lowest BCUT2D eigenvalue weighted by Gasteiger charge is -2.25. The molecule has 2 aliphatic rings. The molecule has 0 bridgehead atoms. The van der Waals surface area contributed by atoms with Crippen LogP contribution in [0.25, 0.3) is 27.7 Å². The molecule has 10 nitrogen and oxygen atoms in total. The number of aromatic nitrogens is 4. The molecule has 198 valence electrons. The van der Waals surface area contributed by atoms with Crippen molar-refractivity contribution in [1.29, 1.82) is 0 Å². The van der Waals surface area contributed by atoms with E-state index < -0.39 is 0 Å². The van der Waals surface area contributed by atoms with Gasteiger partial charge in [0.2, 0.25) is 0 Å². The number of nitrogens with one attached hydrogen (secondary N) is 2. The minimum absolute atomic E-state index is 0.131. The van der Waals surface area contributed by atoms with Gasteiger partial charge in [0.25, 0.3) is 5.91 Å². The van der Waals surface area contributed by atoms with Crippen LogP contribution in [0.15, 0.2) is 53.5 Å². The van der Waals surface area contributed by atoms with Crippen LogP contribution < -0.4 is 10.6 Å². The summed E-state index contributed by atoms with van der Waals surface area (Å²) < 4.78 is 13.0. The topological polar surface area (TPSA) is 110 Å². The highest BCUT2D eigenvalue weighted by Gasteiger charge is 2.29. The van der Waals surface area contributed by atoms with Gasteiger partial charge in [-0.1, -0.05) is 6.07 Å². The molecule has 0 aliphatic carbocycles. The summed E-state index contributed by atoms with van der Waals surface area (Å²) in [6, 6.07) is 7.98. The lowest BCUT2D eigenvalue weighted by Crippen LogP contribution is -2.20. The van der Waals surface area contributed by atoms with Gasteiger partial charge in [-0.05, 0) is 56.6 Å². The third kappa shape index (κ3) is 4.12. The van der Waals surface area contributed by atoms with Crippen LogP contribution in [0, 0.1) is 0 Å². The molecule has 2 aliphatic heterocycles. The standard InChI is InChI=1S/C29H29N7O3/c1-35(2)16-23-18(17-6-10-38-11-7-17)3-4-25(34-23)33-22-15-30-27(20-13-31-29(37)26(20)22)21-14-32-36-9-5-24-19(28(21)36)8-12-39-24/h3-5,8-9,12,14-15,17H,6-7,10-11,13,16H2,1-2H3,(H,31,37)(H,33,34). The number of nitrogens with zero attached hydrogens (tertiary/aromatic N) is 5. The Hall–Kier alpha value is -4.28. The number of pyridine rings is 3. The summed E-state index contributed by atoms with van der Waals surface area (Å²) in [5.41, 5.74) is 7.63. The molecule has 1 amide bonds. The first-order valence-corrected chi connectivity index (χ1v) is 13.2. The van der Waals surface area contributed by atoms with Gasteiger partial charge >= 0.3 is 0 Å². The van der Waals surface area contributed by atoms with E-state index >= 15 is 0 Å². The Labute approximate surface area is 225 Å². The van der Waals surface area contributed by atoms with Crippen molar-refractivity contribution < 1.29 is 13.9 Å². The zero-order valence-electron chi connectivity index (χ0n) is 21.9. The van der Waals surface area contributed by atoms with E-state index in [1.807, 2.05) is 43.0 Å². The Morgan fingerprint density at radius 1 is 1.15 bits per heavy atom. The molecule has 10 heteroatoms. The highest BCUT2D eigenvalue weighted by Crippen LogP contribution is 2.37. The number of carbonyl (C=O) groups excluding carboxylic acids is 1. The lowest BCUT2D eigenvalue weighted by molar-refractivity contribution is 0.0849. The zero-order valence-corrected chi connectivity index (χ0v) is 21.9. The molecular weight excluding hydrogens is 494 g/mol. The SMILES string of the molecule is CN(C)Cc1nc(Nc2cnc(-c3cnn4ccc5occc5c34)c3c2C(=O)NC3)ccc1C1CCOCC1. The predicted molar refractivity (Wildman–Crippen MR) is 147 cm³/mol. The first-order chi connectivity index (χ1) is 19.1. The van der Waals surface area contributed by atoms with Gasteiger partial charge in [-0.3, -0.25) is 9.78 Å². The molecule has 1 saturated heterocycles. The van der Waals surface area contributed by atoms with Gasteiger partial charge in [-0.15, -0.1) is 0 Å². The van der Waals surface area contributed by atoms with Gasteiger partial charge < -0.3 is 24.7 Å². The monoisotopic (exact) mass is 523 g/mol. The van der Waals surface area contributed by atoms with Crippen LogP contribution in [0.3, 0.4) is 0 Å². The highest BCUT2D eigenvalue weighted by atomic mass is 16.5. The molecule has 7 rings (SSSR count). The Morgan fingerprint density at radius 2 is 2.03 bits per heavy atom. The van der Waals surface area contributed by atoms with Crippen molar-refractivity contribution in [1.82, 2.24) is 29.8 Å². The third-order valence-electron chi connectivity index (χ3n) is 7.60. The van der Waals surface area contributed by atoms with Crippen molar-refractivity contribution in [3.8, 4) is 11.3 Å². The second-order valence-electron chi connectivity index (χ2n) is 10.4. The molecule has 0 spiro atoms. The number of furan rings is 1. The Kier molecular flexibility index (Phi) is 5.79. The smallest absolute Gasteiger partial charge is 0.254 e. The van der Waals surface area contributed by atoms with Crippen LogP contribution >= 0.6 is 0 Å². The second kappa shape index (κ2) is 9.48. The van der Waals surface area contributed by atoms with Gasteiger partial charge in [0.15, 0.2) is 0 Å². The summed E-state index contributed by atoms with van der Waals surface area (Å²) >= 11 is 0. The van der Waals surface area contributed by atoms with E-state index in [0.717, 1.165) is 71.6 Å². The predicted octanol–water partition coefficient (Wildman–Crippen LogP) is 4.48. The van der Waals surface area contributed by atoms with Crippen LogP contribution in [-0.4, -0.2) is 57.7 Å². The average Bonchev–Trinajstić information content (AvgIpc) is 3.68. The Bertz CT molecular complexity index is 1720. The van der Waals surface area contributed by atoms with E-state index in [4.69, 9.17) is 19.1 Å².